The summed E-state index contributed by atoms with van der Waals surface area (Å²) in [5, 5.41) is 10.0. The van der Waals surface area contributed by atoms with Crippen molar-refractivity contribution in [3.05, 3.63) is 24.3 Å². The van der Waals surface area contributed by atoms with Gasteiger partial charge >= 0.3 is 6.09 Å². The molecule has 2 aromatic rings. The van der Waals surface area contributed by atoms with Crippen molar-refractivity contribution >= 4 is 31.0 Å². The number of ether oxygens (including phenoxy) is 1. The summed E-state index contributed by atoms with van der Waals surface area (Å²) in [6, 6.07) is 2.99. The molecule has 1 aliphatic heterocycles. The Labute approximate surface area is 165 Å². The van der Waals surface area contributed by atoms with Crippen LogP contribution >= 0.6 is 0 Å². The summed E-state index contributed by atoms with van der Waals surface area (Å²) in [7, 11) is -1.14. The molecule has 1 aliphatic rings. The molecule has 1 unspecified atom stereocenters. The van der Waals surface area contributed by atoms with Gasteiger partial charge in [-0.1, -0.05) is 19.6 Å². The largest absolute Gasteiger partial charge is 0.465 e. The van der Waals surface area contributed by atoms with Crippen molar-refractivity contribution in [3.63, 3.8) is 0 Å². The van der Waals surface area contributed by atoms with Crippen molar-refractivity contribution in [2.24, 2.45) is 5.92 Å². The van der Waals surface area contributed by atoms with Gasteiger partial charge in [-0.2, -0.15) is 0 Å². The molecule has 152 valence electrons. The zero-order chi connectivity index (χ0) is 20.3. The van der Waals surface area contributed by atoms with Gasteiger partial charge in [0.15, 0.2) is 5.82 Å². The van der Waals surface area contributed by atoms with Crippen molar-refractivity contribution in [2.45, 2.75) is 45.3 Å². The van der Waals surface area contributed by atoms with Crippen LogP contribution in [-0.4, -0.2) is 64.2 Å². The quantitative estimate of drug-likeness (QED) is 0.432. The first-order valence-electron chi connectivity index (χ1n) is 9.66. The van der Waals surface area contributed by atoms with Crippen LogP contribution < -0.4 is 0 Å². The minimum Gasteiger partial charge on any atom is -0.465 e. The fourth-order valence-corrected chi connectivity index (χ4v) is 4.04. The fourth-order valence-electron chi connectivity index (χ4n) is 3.28. The van der Waals surface area contributed by atoms with Crippen LogP contribution in [-0.2, 0) is 11.5 Å². The van der Waals surface area contributed by atoms with E-state index in [1.165, 1.54) is 4.90 Å². The molecule has 0 bridgehead atoms. The summed E-state index contributed by atoms with van der Waals surface area (Å²) in [6.07, 6.45) is 3.87. The highest BCUT2D eigenvalue weighted by molar-refractivity contribution is 6.76. The summed E-state index contributed by atoms with van der Waals surface area (Å²) < 4.78 is 7.68. The molecule has 1 N–H and O–H groups in total. The molecule has 9 heteroatoms. The maximum Gasteiger partial charge on any atom is 0.407 e. The van der Waals surface area contributed by atoms with Crippen molar-refractivity contribution in [1.82, 2.24) is 19.4 Å². The molecule has 0 aliphatic carbocycles. The van der Waals surface area contributed by atoms with Gasteiger partial charge in [-0.25, -0.2) is 14.8 Å². The lowest BCUT2D eigenvalue weighted by molar-refractivity contribution is 0.0795. The van der Waals surface area contributed by atoms with Crippen LogP contribution in [0.2, 0.25) is 25.7 Å². The van der Waals surface area contributed by atoms with Gasteiger partial charge in [-0.15, -0.1) is 0 Å². The van der Waals surface area contributed by atoms with E-state index in [1.807, 2.05) is 16.8 Å². The van der Waals surface area contributed by atoms with Gasteiger partial charge in [0.05, 0.1) is 0 Å². The Morgan fingerprint density at radius 3 is 2.86 bits per heavy atom. The summed E-state index contributed by atoms with van der Waals surface area (Å²) in [5.74, 6) is -0.439. The number of carboxylic acid groups (broad SMARTS) is 1. The molecule has 1 amide bonds. The highest BCUT2D eigenvalue weighted by Crippen LogP contribution is 2.21. The molecular formula is C19H28N4O4Si. The molecule has 1 atom stereocenters. The first-order valence-corrected chi connectivity index (χ1v) is 13.4. The molecule has 1 fully saturated rings. The number of carbonyl (C=O) groups excluding carboxylic acids is 1. The molecule has 0 radical (unpaired) electrons. The van der Waals surface area contributed by atoms with Crippen molar-refractivity contribution in [2.75, 3.05) is 19.7 Å². The second-order valence-electron chi connectivity index (χ2n) is 8.54. The minimum absolute atomic E-state index is 0.145. The maximum absolute atomic E-state index is 12.8. The number of fused-ring (bicyclic) bond motifs is 1. The van der Waals surface area contributed by atoms with Gasteiger partial charge in [-0.05, 0) is 25.0 Å². The topological polar surface area (TPSA) is 97.6 Å². The second-order valence-corrected chi connectivity index (χ2v) is 14.2. The minimum atomic E-state index is -1.14. The van der Waals surface area contributed by atoms with E-state index in [0.717, 1.165) is 11.4 Å². The smallest absolute Gasteiger partial charge is 0.407 e. The average Bonchev–Trinajstić information content (AvgIpc) is 3.06. The van der Waals surface area contributed by atoms with Crippen LogP contribution in [0.1, 0.15) is 23.5 Å². The fraction of sp³-hybridized carbons (Fsp3) is 0.579. The zero-order valence-electron chi connectivity index (χ0n) is 16.7. The maximum atomic E-state index is 12.8. The molecule has 0 aromatic carbocycles. The third-order valence-corrected chi connectivity index (χ3v) is 6.72. The van der Waals surface area contributed by atoms with Gasteiger partial charge in [0.25, 0.3) is 0 Å². The Bertz CT molecular complexity index is 861. The molecule has 2 aromatic heterocycles. The van der Waals surface area contributed by atoms with Gasteiger partial charge in [-0.3, -0.25) is 4.79 Å². The molecule has 8 nitrogen and oxygen atoms in total. The van der Waals surface area contributed by atoms with E-state index in [0.29, 0.717) is 38.4 Å². The predicted octanol–water partition coefficient (Wildman–Crippen LogP) is 3.32. The lowest BCUT2D eigenvalue weighted by Crippen LogP contribution is -2.41. The third kappa shape index (κ3) is 4.96. The van der Waals surface area contributed by atoms with E-state index in [-0.39, 0.29) is 18.2 Å². The molecule has 28 heavy (non-hydrogen) atoms. The molecule has 0 spiro atoms. The van der Waals surface area contributed by atoms with E-state index in [2.05, 4.69) is 29.6 Å². The highest BCUT2D eigenvalue weighted by Gasteiger charge is 2.30. The second kappa shape index (κ2) is 8.40. The number of aromatic nitrogens is 3. The number of ketones is 1. The zero-order valence-corrected chi connectivity index (χ0v) is 17.7. The number of Topliss-reactive ketones (excluding diaryl/α,β-unsaturated/α-hetero) is 1. The van der Waals surface area contributed by atoms with Crippen LogP contribution in [0.25, 0.3) is 11.0 Å². The number of rotatable bonds is 7. The Kier molecular flexibility index (Phi) is 6.14. The van der Waals surface area contributed by atoms with Gasteiger partial charge in [0.1, 0.15) is 12.4 Å². The number of amides is 1. The Morgan fingerprint density at radius 1 is 1.36 bits per heavy atom. The van der Waals surface area contributed by atoms with Crippen LogP contribution in [0.15, 0.2) is 18.5 Å². The van der Waals surface area contributed by atoms with Gasteiger partial charge in [0, 0.05) is 51.5 Å². The summed E-state index contributed by atoms with van der Waals surface area (Å²) in [5.41, 5.74) is 0.664. The molecule has 0 saturated carbocycles. The monoisotopic (exact) mass is 404 g/mol. The molecule has 3 heterocycles. The van der Waals surface area contributed by atoms with Crippen LogP contribution in [0.4, 0.5) is 4.79 Å². The summed E-state index contributed by atoms with van der Waals surface area (Å²) in [6.45, 7) is 8.69. The van der Waals surface area contributed by atoms with Gasteiger partial charge < -0.3 is 19.3 Å². The van der Waals surface area contributed by atoms with E-state index in [1.54, 1.807) is 6.20 Å². The van der Waals surface area contributed by atoms with E-state index >= 15 is 0 Å². The first kappa shape index (κ1) is 20.5. The number of likely N-dealkylation sites (tertiary alicyclic amines) is 1. The molecule has 1 saturated heterocycles. The number of piperidine rings is 1. The number of carbonyl (C=O) groups is 2. The van der Waals surface area contributed by atoms with Crippen LogP contribution in [0.3, 0.4) is 0 Å². The molecule has 3 rings (SSSR count). The summed E-state index contributed by atoms with van der Waals surface area (Å²) >= 11 is 0. The van der Waals surface area contributed by atoms with Crippen molar-refractivity contribution in [3.8, 4) is 0 Å². The molecular weight excluding hydrogens is 376 g/mol. The number of nitrogens with zero attached hydrogens (tertiary/aromatic N) is 4. The average molecular weight is 405 g/mol. The standard InChI is InChI=1S/C19H28N4O4Si/c1-28(2,3)10-9-27-13-23-8-6-14-11-20-17(21-18(14)23)16(24)15-5-4-7-22(12-15)19(25)26/h6,8,11,15H,4-5,7,9-10,12-13H2,1-3H3,(H,25,26). The Hall–Kier alpha value is -2.26. The van der Waals surface area contributed by atoms with E-state index in [4.69, 9.17) is 4.74 Å². The lowest BCUT2D eigenvalue weighted by atomic mass is 9.93. The first-order chi connectivity index (χ1) is 13.2. The van der Waals surface area contributed by atoms with E-state index in [9.17, 15) is 14.7 Å². The normalized spacial score (nSPS) is 17.8. The Morgan fingerprint density at radius 2 is 2.14 bits per heavy atom. The highest BCUT2D eigenvalue weighted by atomic mass is 28.3. The van der Waals surface area contributed by atoms with Crippen molar-refractivity contribution < 1.29 is 19.4 Å². The predicted molar refractivity (Wildman–Crippen MR) is 108 cm³/mol. The Balaban J connectivity index is 1.70. The lowest BCUT2D eigenvalue weighted by Gasteiger charge is -2.29. The van der Waals surface area contributed by atoms with Crippen molar-refractivity contribution in [1.29, 1.82) is 0 Å². The van der Waals surface area contributed by atoms with Gasteiger partial charge in [0.2, 0.25) is 5.78 Å². The number of hydrogen-bond donors (Lipinski definition) is 1. The number of hydrogen-bond acceptors (Lipinski definition) is 5. The SMILES string of the molecule is C[Si](C)(C)CCOCn1ccc2cnc(C(=O)C3CCCN(C(=O)O)C3)nc21. The van der Waals surface area contributed by atoms with Crippen LogP contribution in [0.5, 0.6) is 0 Å². The van der Waals surface area contributed by atoms with Crippen LogP contribution in [0, 0.1) is 5.92 Å². The summed E-state index contributed by atoms with van der Waals surface area (Å²) in [4.78, 5) is 34.0. The van der Waals surface area contributed by atoms with E-state index < -0.39 is 20.1 Å². The third-order valence-electron chi connectivity index (χ3n) is 5.01.